The van der Waals surface area contributed by atoms with Gasteiger partial charge in [-0.3, -0.25) is 0 Å². The fourth-order valence-electron chi connectivity index (χ4n) is 11.1. The van der Waals surface area contributed by atoms with Crippen LogP contribution in [-0.4, -0.2) is 109 Å². The lowest BCUT2D eigenvalue weighted by Crippen LogP contribution is -2.26. The highest BCUT2D eigenvalue weighted by Gasteiger charge is 2.27. The molecule has 0 radical (unpaired) electrons. The normalized spacial score (nSPS) is 15.2. The predicted octanol–water partition coefficient (Wildman–Crippen LogP) is 12.2. The van der Waals surface area contributed by atoms with Crippen LogP contribution in [0.5, 0.6) is 0 Å². The first-order valence-corrected chi connectivity index (χ1v) is 29.4. The highest BCUT2D eigenvalue weighted by Crippen LogP contribution is 2.41. The van der Waals surface area contributed by atoms with Gasteiger partial charge in [-0.2, -0.15) is 10.5 Å². The second kappa shape index (κ2) is 33.6. The van der Waals surface area contributed by atoms with Crippen molar-refractivity contribution < 1.29 is 21.9 Å². The zero-order chi connectivity index (χ0) is 54.1. The Bertz CT molecular complexity index is 3160. The van der Waals surface area contributed by atoms with Crippen molar-refractivity contribution in [1.29, 1.82) is 10.5 Å². The first-order valence-electron chi connectivity index (χ1n) is 26.8. The summed E-state index contributed by atoms with van der Waals surface area (Å²) in [6.45, 7) is 11.9. The summed E-state index contributed by atoms with van der Waals surface area (Å²) in [6.07, 6.45) is 15.9. The van der Waals surface area contributed by atoms with E-state index < -0.39 is 0 Å². The van der Waals surface area contributed by atoms with Gasteiger partial charge in [0, 0.05) is 63.8 Å². The number of aromatic nitrogens is 2. The topological polar surface area (TPSA) is 196 Å². The lowest BCUT2D eigenvalue weighted by Gasteiger charge is -2.29. The number of allylic oxidation sites excluding steroid dienone is 2. The van der Waals surface area contributed by atoms with Crippen LogP contribution in [0.15, 0.2) is 200 Å². The lowest BCUT2D eigenvalue weighted by atomic mass is 9.99. The van der Waals surface area contributed by atoms with Crippen LogP contribution in [0.4, 0.5) is 0 Å². The van der Waals surface area contributed by atoms with Crippen molar-refractivity contribution in [2.75, 3.05) is 47.0 Å². The Hall–Kier alpha value is -6.28. The zero-order valence-corrected chi connectivity index (χ0v) is 50.4. The Morgan fingerprint density at radius 2 is 0.988 bits per heavy atom. The maximum Gasteiger partial charge on any atom is 0.131 e. The molecule has 2 aromatic heterocycles. The van der Waals surface area contributed by atoms with Gasteiger partial charge in [-0.1, -0.05) is 179 Å². The number of hydrogen-bond donors (Lipinski definition) is 0. The molecule has 4 heterocycles. The van der Waals surface area contributed by atoms with Gasteiger partial charge in [0.1, 0.15) is 5.25 Å². The lowest BCUT2D eigenvalue weighted by molar-refractivity contribution is 0.309. The number of likely N-dealkylation sites (tertiary alicyclic amines) is 2. The maximum atomic E-state index is 10.3. The molecule has 1 unspecified atom stereocenters. The largest absolute Gasteiger partial charge is 0.412 e. The molecule has 0 aliphatic carbocycles. The van der Waals surface area contributed by atoms with Gasteiger partial charge in [-0.15, -0.1) is 13.2 Å². The average Bonchev–Trinajstić information content (AvgIpc) is 4.27. The van der Waals surface area contributed by atoms with E-state index in [4.69, 9.17) is 5.26 Å². The van der Waals surface area contributed by atoms with Crippen molar-refractivity contribution in [3.63, 3.8) is 0 Å². The van der Waals surface area contributed by atoms with Crippen LogP contribution < -0.4 is 0 Å². The number of hydrogen-bond acceptors (Lipinski definition) is 8. The van der Waals surface area contributed by atoms with Crippen molar-refractivity contribution in [3.8, 4) is 12.1 Å². The number of nitriles is 2. The van der Waals surface area contributed by atoms with Crippen LogP contribution in [-0.2, 0) is 25.9 Å². The van der Waals surface area contributed by atoms with Gasteiger partial charge in [0.15, 0.2) is 0 Å². The second-order valence-electron chi connectivity index (χ2n) is 20.2. The molecule has 0 bridgehead atoms. The van der Waals surface area contributed by atoms with E-state index in [2.05, 4.69) is 212 Å². The highest BCUT2D eigenvalue weighted by atomic mass is 79.9. The number of likely N-dealkylation sites (N-methyl/N-ethyl adjacent to an activating group) is 2. The minimum absolute atomic E-state index is 0. The highest BCUT2D eigenvalue weighted by molar-refractivity contribution is 9.10. The fraction of sp³-hybridized carbons (Fsp3) is 0.303. The molecule has 8 aromatic rings. The number of nitrogens with zero attached hydrogens (tertiary/aromatic N) is 8. The third-order valence-corrected chi connectivity index (χ3v) is 17.5. The summed E-state index contributed by atoms with van der Waals surface area (Å²) in [7, 11) is 8.61. The van der Waals surface area contributed by atoms with Crippen molar-refractivity contribution in [1.82, 2.24) is 27.5 Å². The number of fused-ring (bicyclic) bond motifs is 2. The molecule has 15 heteroatoms. The van der Waals surface area contributed by atoms with Crippen molar-refractivity contribution in [2.45, 2.75) is 81.0 Å². The standard InChI is InChI=1S/C33H36N4S.C17H21BrN2.C16H16N2S.4H2O/c1-4-19-37-24-28(21-29-16-11-20-35(29)2)30-22-27(17-18-31(30)37)32(23-34)38-36(3)33(25-12-7-5-8-13-25)26-14-9-6-10-15-26;1-3-8-20-12-13(10-15-5-4-9-19(15)2)16-11-14(18)6-7-17(16)20;1-18(19-13-12-17)16(14-8-4-2-5-9-14)15-10-6-3-7-11-15;;;;/h4-10,12-15,17-18,22,24,29,32-33H,1,11,16,19-21H2,2-3H3;3,6-7,11-12,15H,1,4-5,8-10H2,2H3;2-11,16H,13H2,1H3;4*1H2/t29-,32?;15-;;;;;/m11...../s1. The molecule has 2 aliphatic rings. The maximum absolute atomic E-state index is 10.3. The first kappa shape index (κ1) is 67.2. The van der Waals surface area contributed by atoms with Crippen LogP contribution in [0, 0.1) is 22.7 Å². The van der Waals surface area contributed by atoms with Crippen molar-refractivity contribution >= 4 is 61.6 Å². The van der Waals surface area contributed by atoms with E-state index >= 15 is 0 Å². The van der Waals surface area contributed by atoms with E-state index in [1.54, 1.807) is 23.9 Å². The zero-order valence-electron chi connectivity index (χ0n) is 47.2. The average molecular weight is 1190 g/mol. The Morgan fingerprint density at radius 3 is 1.37 bits per heavy atom. The smallest absolute Gasteiger partial charge is 0.131 e. The van der Waals surface area contributed by atoms with Crippen LogP contribution in [0.1, 0.15) is 82.0 Å². The molecule has 0 spiro atoms. The summed E-state index contributed by atoms with van der Waals surface area (Å²) in [5.41, 5.74) is 11.3. The molecule has 2 saturated heterocycles. The molecule has 2 aliphatic heterocycles. The molecular weight excluding hydrogens is 1110 g/mol. The van der Waals surface area contributed by atoms with E-state index in [-0.39, 0.29) is 39.2 Å². The molecular formula is C66H81BrN8O4S2. The number of halogens is 1. The first-order chi connectivity index (χ1) is 37.6. The molecule has 12 nitrogen and oxygen atoms in total. The van der Waals surface area contributed by atoms with Gasteiger partial charge in [0.05, 0.1) is 30.0 Å². The minimum Gasteiger partial charge on any atom is -0.412 e. The number of rotatable bonds is 19. The Kier molecular flexibility index (Phi) is 27.9. The quantitative estimate of drug-likeness (QED) is 0.0563. The molecule has 10 rings (SSSR count). The summed E-state index contributed by atoms with van der Waals surface area (Å²) in [5, 5.41) is 21.4. The van der Waals surface area contributed by atoms with Crippen molar-refractivity contribution in [2.24, 2.45) is 0 Å². The van der Waals surface area contributed by atoms with Gasteiger partial charge < -0.3 is 40.8 Å². The summed E-state index contributed by atoms with van der Waals surface area (Å²) < 4.78 is 10.1. The van der Waals surface area contributed by atoms with Crippen LogP contribution in [0.2, 0.25) is 0 Å². The molecule has 0 saturated carbocycles. The third-order valence-electron chi connectivity index (χ3n) is 15.0. The number of benzene rings is 6. The van der Waals surface area contributed by atoms with Crippen LogP contribution in [0.3, 0.4) is 0 Å². The van der Waals surface area contributed by atoms with Gasteiger partial charge in [-0.25, -0.2) is 8.61 Å². The van der Waals surface area contributed by atoms with Crippen LogP contribution in [0.25, 0.3) is 21.8 Å². The van der Waals surface area contributed by atoms with E-state index in [0.717, 1.165) is 36.0 Å². The van der Waals surface area contributed by atoms with E-state index in [1.165, 1.54) is 94.0 Å². The molecule has 0 amide bonds. The molecule has 2 fully saturated rings. The third kappa shape index (κ3) is 17.4. The Labute approximate surface area is 497 Å². The van der Waals surface area contributed by atoms with Gasteiger partial charge in [-0.05, 0) is 149 Å². The summed E-state index contributed by atoms with van der Waals surface area (Å²) in [6, 6.07) is 61.2. The summed E-state index contributed by atoms with van der Waals surface area (Å²) >= 11 is 6.75. The van der Waals surface area contributed by atoms with Crippen molar-refractivity contribution in [3.05, 3.63) is 239 Å². The second-order valence-corrected chi connectivity index (χ2v) is 23.5. The van der Waals surface area contributed by atoms with Gasteiger partial charge >= 0.3 is 0 Å². The molecule has 6 aromatic carbocycles. The van der Waals surface area contributed by atoms with E-state index in [0.29, 0.717) is 17.8 Å². The molecule has 81 heavy (non-hydrogen) atoms. The van der Waals surface area contributed by atoms with Crippen LogP contribution >= 0.6 is 39.8 Å². The Morgan fingerprint density at radius 1 is 0.580 bits per heavy atom. The Balaban J connectivity index is 0.000000279. The summed E-state index contributed by atoms with van der Waals surface area (Å²) in [4.78, 5) is 4.98. The minimum atomic E-state index is -0.316. The van der Waals surface area contributed by atoms with E-state index in [9.17, 15) is 5.26 Å². The van der Waals surface area contributed by atoms with E-state index in [1.807, 2.05) is 67.7 Å². The molecule has 428 valence electrons. The summed E-state index contributed by atoms with van der Waals surface area (Å²) in [5.74, 6) is 0.465. The predicted molar refractivity (Wildman–Crippen MR) is 344 cm³/mol. The molecule has 8 N–H and O–H groups in total. The fourth-order valence-corrected chi connectivity index (χ4v) is 13.2. The van der Waals surface area contributed by atoms with Gasteiger partial charge in [0.25, 0.3) is 0 Å². The van der Waals surface area contributed by atoms with Gasteiger partial charge in [0.2, 0.25) is 0 Å². The molecule has 3 atom stereocenters. The monoisotopic (exact) mass is 1190 g/mol. The SMILES string of the molecule is C=CCn1cc(C[C@H]2CCCN2C)c2cc(Br)ccc21.C=CCn1cc(C[C@H]2CCCN2C)c2cc(C(C#N)SN(C)C(c3ccccc3)c3ccccc3)ccc21.CN(SCC#N)C(c1ccccc1)c1ccccc1.O.O.O.O.